The number of thiazole rings is 1. The number of anilines is 1. The van der Waals surface area contributed by atoms with Gasteiger partial charge < -0.3 is 4.90 Å². The van der Waals surface area contributed by atoms with Crippen LogP contribution < -0.4 is 4.90 Å². The lowest BCUT2D eigenvalue weighted by molar-refractivity contribution is 0.0985. The second kappa shape index (κ2) is 9.70. The molecule has 4 nitrogen and oxygen atoms in total. The lowest BCUT2D eigenvalue weighted by atomic mass is 10.0. The van der Waals surface area contributed by atoms with Crippen LogP contribution in [-0.2, 0) is 0 Å². The topological polar surface area (TPSA) is 36.4 Å². The van der Waals surface area contributed by atoms with Gasteiger partial charge in [0, 0.05) is 17.1 Å². The fraction of sp³-hybridized carbons (Fsp3) is 0.333. The first-order chi connectivity index (χ1) is 12.8. The first-order valence-electron chi connectivity index (χ1n) is 8.95. The van der Waals surface area contributed by atoms with E-state index in [1.807, 2.05) is 64.3 Å². The van der Waals surface area contributed by atoms with Crippen LogP contribution in [0.1, 0.15) is 27.9 Å². The van der Waals surface area contributed by atoms with Crippen molar-refractivity contribution in [2.45, 2.75) is 20.3 Å². The SMILES string of the molecule is Cc1ccc(C(=O)N(CCCN(C)C)c2nc3ccc(Cl)cc3s2)c(C)c1.Cl. The van der Waals surface area contributed by atoms with Gasteiger partial charge in [0.25, 0.3) is 5.91 Å². The second-order valence-corrected chi connectivity index (χ2v) is 8.49. The molecule has 0 bridgehead atoms. The number of rotatable bonds is 6. The van der Waals surface area contributed by atoms with Crippen LogP contribution in [0, 0.1) is 13.8 Å². The summed E-state index contributed by atoms with van der Waals surface area (Å²) in [5.41, 5.74) is 3.73. The van der Waals surface area contributed by atoms with E-state index in [2.05, 4.69) is 4.90 Å². The molecular weight excluding hydrogens is 413 g/mol. The van der Waals surface area contributed by atoms with E-state index in [-0.39, 0.29) is 18.3 Å². The van der Waals surface area contributed by atoms with E-state index in [0.717, 1.165) is 45.0 Å². The van der Waals surface area contributed by atoms with Crippen LogP contribution in [0.2, 0.25) is 5.02 Å². The Kier molecular flexibility index (Phi) is 7.84. The zero-order valence-corrected chi connectivity index (χ0v) is 18.9. The molecule has 0 unspecified atom stereocenters. The molecule has 2 aromatic carbocycles. The summed E-state index contributed by atoms with van der Waals surface area (Å²) in [4.78, 5) is 22.0. The van der Waals surface area contributed by atoms with E-state index in [9.17, 15) is 4.79 Å². The van der Waals surface area contributed by atoms with Gasteiger partial charge in [-0.25, -0.2) is 4.98 Å². The largest absolute Gasteiger partial charge is 0.309 e. The molecule has 28 heavy (non-hydrogen) atoms. The summed E-state index contributed by atoms with van der Waals surface area (Å²) >= 11 is 7.62. The molecule has 0 N–H and O–H groups in total. The third kappa shape index (κ3) is 5.23. The van der Waals surface area contributed by atoms with Crippen molar-refractivity contribution in [2.24, 2.45) is 0 Å². The zero-order chi connectivity index (χ0) is 19.6. The van der Waals surface area contributed by atoms with Crippen molar-refractivity contribution in [3.8, 4) is 0 Å². The summed E-state index contributed by atoms with van der Waals surface area (Å²) in [6, 6.07) is 11.6. The Morgan fingerprint density at radius 3 is 2.54 bits per heavy atom. The number of hydrogen-bond acceptors (Lipinski definition) is 4. The standard InChI is InChI=1S/C21H24ClN3OS.ClH/c1-14-6-8-17(15(2)12-14)20(26)25(11-5-10-24(3)4)21-23-18-9-7-16(22)13-19(18)27-21;/h6-9,12-13H,5,10-11H2,1-4H3;1H. The van der Waals surface area contributed by atoms with Crippen molar-refractivity contribution >= 4 is 56.6 Å². The van der Waals surface area contributed by atoms with Crippen molar-refractivity contribution < 1.29 is 4.79 Å². The molecule has 0 saturated heterocycles. The maximum absolute atomic E-state index is 13.3. The Morgan fingerprint density at radius 1 is 1.11 bits per heavy atom. The Labute approximate surface area is 181 Å². The Hall–Kier alpha value is -1.66. The van der Waals surface area contributed by atoms with Crippen molar-refractivity contribution in [1.29, 1.82) is 0 Å². The molecule has 0 atom stereocenters. The van der Waals surface area contributed by atoms with Crippen molar-refractivity contribution in [3.63, 3.8) is 0 Å². The van der Waals surface area contributed by atoms with Gasteiger partial charge in [-0.2, -0.15) is 0 Å². The van der Waals surface area contributed by atoms with Crippen molar-refractivity contribution in [3.05, 3.63) is 58.1 Å². The van der Waals surface area contributed by atoms with Crippen molar-refractivity contribution in [2.75, 3.05) is 32.1 Å². The van der Waals surface area contributed by atoms with Crippen LogP contribution in [0.25, 0.3) is 10.2 Å². The number of nitrogens with zero attached hydrogens (tertiary/aromatic N) is 3. The predicted octanol–water partition coefficient (Wildman–Crippen LogP) is 5.59. The Balaban J connectivity index is 0.00000280. The Bertz CT molecular complexity index is 971. The van der Waals surface area contributed by atoms with Crippen LogP contribution in [0.3, 0.4) is 0 Å². The summed E-state index contributed by atoms with van der Waals surface area (Å²) in [5.74, 6) is -0.00332. The van der Waals surface area contributed by atoms with E-state index < -0.39 is 0 Å². The normalized spacial score (nSPS) is 10.9. The Morgan fingerprint density at radius 2 is 1.86 bits per heavy atom. The molecule has 3 aromatic rings. The highest BCUT2D eigenvalue weighted by Gasteiger charge is 2.22. The van der Waals surface area contributed by atoms with Gasteiger partial charge in [0.2, 0.25) is 0 Å². The molecule has 0 fully saturated rings. The quantitative estimate of drug-likeness (QED) is 0.504. The van der Waals surface area contributed by atoms with Crippen LogP contribution in [0.5, 0.6) is 0 Å². The highest BCUT2D eigenvalue weighted by atomic mass is 35.5. The first-order valence-corrected chi connectivity index (χ1v) is 10.1. The zero-order valence-electron chi connectivity index (χ0n) is 16.5. The summed E-state index contributed by atoms with van der Waals surface area (Å²) in [6.07, 6.45) is 0.875. The minimum Gasteiger partial charge on any atom is -0.309 e. The smallest absolute Gasteiger partial charge is 0.260 e. The maximum Gasteiger partial charge on any atom is 0.260 e. The molecule has 0 radical (unpaired) electrons. The molecule has 1 amide bonds. The van der Waals surface area contributed by atoms with Gasteiger partial charge in [-0.05, 0) is 70.7 Å². The summed E-state index contributed by atoms with van der Waals surface area (Å²) in [7, 11) is 4.08. The molecule has 0 aliphatic heterocycles. The lowest BCUT2D eigenvalue weighted by Crippen LogP contribution is -2.33. The number of hydrogen-bond donors (Lipinski definition) is 0. The average molecular weight is 438 g/mol. The van der Waals surface area contributed by atoms with Gasteiger partial charge in [0.05, 0.1) is 10.2 Å². The third-order valence-corrected chi connectivity index (χ3v) is 5.69. The number of benzene rings is 2. The summed E-state index contributed by atoms with van der Waals surface area (Å²) < 4.78 is 0.989. The molecule has 0 spiro atoms. The van der Waals surface area contributed by atoms with Crippen molar-refractivity contribution in [1.82, 2.24) is 9.88 Å². The number of carbonyl (C=O) groups excluding carboxylic acids is 1. The first kappa shape index (κ1) is 22.6. The highest BCUT2D eigenvalue weighted by molar-refractivity contribution is 7.22. The van der Waals surface area contributed by atoms with E-state index in [1.54, 1.807) is 4.90 Å². The molecule has 150 valence electrons. The minimum atomic E-state index is -0.00332. The number of halogens is 2. The number of aromatic nitrogens is 1. The monoisotopic (exact) mass is 437 g/mol. The molecule has 0 aliphatic carbocycles. The van der Waals surface area contributed by atoms with Crippen LogP contribution >= 0.6 is 35.3 Å². The van der Waals surface area contributed by atoms with E-state index in [4.69, 9.17) is 16.6 Å². The molecule has 7 heteroatoms. The highest BCUT2D eigenvalue weighted by Crippen LogP contribution is 2.32. The third-order valence-electron chi connectivity index (χ3n) is 4.41. The lowest BCUT2D eigenvalue weighted by Gasteiger charge is -2.22. The van der Waals surface area contributed by atoms with Crippen LogP contribution in [0.15, 0.2) is 36.4 Å². The number of carbonyl (C=O) groups is 1. The van der Waals surface area contributed by atoms with Crippen LogP contribution in [0.4, 0.5) is 5.13 Å². The molecule has 0 aliphatic rings. The molecule has 1 heterocycles. The number of amides is 1. The number of fused-ring (bicyclic) bond motifs is 1. The molecular formula is C21H25Cl2N3OS. The van der Waals surface area contributed by atoms with Gasteiger partial charge >= 0.3 is 0 Å². The number of aryl methyl sites for hydroxylation is 2. The average Bonchev–Trinajstić information content (AvgIpc) is 3.00. The van der Waals surface area contributed by atoms with Gasteiger partial charge in [-0.15, -0.1) is 12.4 Å². The molecule has 1 aromatic heterocycles. The van der Waals surface area contributed by atoms with Gasteiger partial charge in [0.1, 0.15) is 0 Å². The van der Waals surface area contributed by atoms with Crippen LogP contribution in [-0.4, -0.2) is 43.0 Å². The summed E-state index contributed by atoms with van der Waals surface area (Å²) in [6.45, 7) is 5.55. The van der Waals surface area contributed by atoms with Gasteiger partial charge in [-0.3, -0.25) is 9.69 Å². The fourth-order valence-corrected chi connectivity index (χ4v) is 4.30. The van der Waals surface area contributed by atoms with E-state index >= 15 is 0 Å². The molecule has 3 rings (SSSR count). The predicted molar refractivity (Wildman–Crippen MR) is 123 cm³/mol. The van der Waals surface area contributed by atoms with E-state index in [0.29, 0.717) is 11.6 Å². The van der Waals surface area contributed by atoms with Gasteiger partial charge in [0.15, 0.2) is 5.13 Å². The molecule has 0 saturated carbocycles. The minimum absolute atomic E-state index is 0. The van der Waals surface area contributed by atoms with E-state index in [1.165, 1.54) is 11.3 Å². The second-order valence-electron chi connectivity index (χ2n) is 7.04. The summed E-state index contributed by atoms with van der Waals surface area (Å²) in [5, 5.41) is 1.40. The maximum atomic E-state index is 13.3. The fourth-order valence-electron chi connectivity index (χ4n) is 3.03. The van der Waals surface area contributed by atoms with Gasteiger partial charge in [-0.1, -0.05) is 40.6 Å².